The first-order chi connectivity index (χ1) is 13.6. The second kappa shape index (κ2) is 8.43. The zero-order valence-electron chi connectivity index (χ0n) is 16.2. The van der Waals surface area contributed by atoms with Crippen LogP contribution < -0.4 is 10.2 Å². The van der Waals surface area contributed by atoms with Crippen LogP contribution in [-0.2, 0) is 22.6 Å². The van der Waals surface area contributed by atoms with E-state index < -0.39 is 0 Å². The Morgan fingerprint density at radius 1 is 1.07 bits per heavy atom. The molecule has 3 heterocycles. The highest BCUT2D eigenvalue weighted by Crippen LogP contribution is 2.30. The van der Waals surface area contributed by atoms with E-state index in [0.29, 0.717) is 6.54 Å². The number of hydrogen-bond donors (Lipinski definition) is 1. The summed E-state index contributed by atoms with van der Waals surface area (Å²) in [4.78, 5) is 30.6. The topological polar surface area (TPSA) is 55.9 Å². The quantitative estimate of drug-likeness (QED) is 0.840. The van der Waals surface area contributed by atoms with Gasteiger partial charge in [-0.15, -0.1) is 0 Å². The third-order valence-electron chi connectivity index (χ3n) is 5.46. The smallest absolute Gasteiger partial charge is 0.238 e. The van der Waals surface area contributed by atoms with Gasteiger partial charge in [-0.25, -0.2) is 0 Å². The number of fused-ring (bicyclic) bond motifs is 1. The fourth-order valence-corrected chi connectivity index (χ4v) is 4.62. The average Bonchev–Trinajstić information content (AvgIpc) is 3.32. The van der Waals surface area contributed by atoms with Crippen LogP contribution in [0.4, 0.5) is 11.4 Å². The Kier molecular flexibility index (Phi) is 5.75. The summed E-state index contributed by atoms with van der Waals surface area (Å²) in [5.74, 6) is 0.0846. The highest BCUT2D eigenvalue weighted by Gasteiger charge is 2.23. The minimum Gasteiger partial charge on any atom is -0.325 e. The van der Waals surface area contributed by atoms with E-state index in [1.54, 1.807) is 23.2 Å². The largest absolute Gasteiger partial charge is 0.325 e. The minimum atomic E-state index is 0.0210. The lowest BCUT2D eigenvalue weighted by Gasteiger charge is -2.34. The lowest BCUT2D eigenvalue weighted by Crippen LogP contribution is -2.48. The van der Waals surface area contributed by atoms with Gasteiger partial charge in [0.15, 0.2) is 0 Å². The molecule has 2 aromatic rings. The summed E-state index contributed by atoms with van der Waals surface area (Å²) in [6.07, 6.45) is 0.838. The molecule has 0 saturated carbocycles. The maximum atomic E-state index is 12.5. The SMILES string of the molecule is CC(=O)N1CCc2cc(NC(=O)CN3CCN(Cc4ccsc4)CC3)ccc21. The molecule has 1 fully saturated rings. The molecule has 1 aromatic heterocycles. The van der Waals surface area contributed by atoms with Gasteiger partial charge in [0.2, 0.25) is 11.8 Å². The predicted molar refractivity (Wildman–Crippen MR) is 113 cm³/mol. The maximum Gasteiger partial charge on any atom is 0.238 e. The fourth-order valence-electron chi connectivity index (χ4n) is 3.96. The number of nitrogens with one attached hydrogen (secondary N) is 1. The number of nitrogens with zero attached hydrogens (tertiary/aromatic N) is 3. The highest BCUT2D eigenvalue weighted by atomic mass is 32.1. The van der Waals surface area contributed by atoms with Gasteiger partial charge in [-0.1, -0.05) is 0 Å². The van der Waals surface area contributed by atoms with Crippen LogP contribution in [0.3, 0.4) is 0 Å². The number of amides is 2. The van der Waals surface area contributed by atoms with Gasteiger partial charge in [-0.2, -0.15) is 11.3 Å². The Morgan fingerprint density at radius 2 is 1.86 bits per heavy atom. The molecule has 148 valence electrons. The summed E-state index contributed by atoms with van der Waals surface area (Å²) in [7, 11) is 0. The van der Waals surface area contributed by atoms with E-state index in [1.807, 2.05) is 18.2 Å². The summed E-state index contributed by atoms with van der Waals surface area (Å²) < 4.78 is 0. The van der Waals surface area contributed by atoms with Gasteiger partial charge in [0, 0.05) is 57.6 Å². The zero-order valence-corrected chi connectivity index (χ0v) is 17.0. The van der Waals surface area contributed by atoms with E-state index in [4.69, 9.17) is 0 Å². The summed E-state index contributed by atoms with van der Waals surface area (Å²) in [6, 6.07) is 7.99. The minimum absolute atomic E-state index is 0.0210. The molecule has 0 bridgehead atoms. The van der Waals surface area contributed by atoms with Crippen molar-refractivity contribution in [3.63, 3.8) is 0 Å². The Morgan fingerprint density at radius 3 is 2.57 bits per heavy atom. The second-order valence-corrected chi connectivity index (χ2v) is 8.28. The summed E-state index contributed by atoms with van der Waals surface area (Å²) in [6.45, 7) is 7.53. The molecular weight excluding hydrogens is 372 g/mol. The van der Waals surface area contributed by atoms with E-state index in [-0.39, 0.29) is 11.8 Å². The number of benzene rings is 1. The Balaban J connectivity index is 1.26. The van der Waals surface area contributed by atoms with Crippen LogP contribution in [0, 0.1) is 0 Å². The van der Waals surface area contributed by atoms with Crippen LogP contribution >= 0.6 is 11.3 Å². The molecule has 0 atom stereocenters. The Labute approximate surface area is 169 Å². The van der Waals surface area contributed by atoms with Crippen molar-refractivity contribution in [2.24, 2.45) is 0 Å². The third-order valence-corrected chi connectivity index (χ3v) is 6.19. The molecule has 2 amide bonds. The lowest BCUT2D eigenvalue weighted by atomic mass is 10.1. The molecule has 6 nitrogen and oxygen atoms in total. The van der Waals surface area contributed by atoms with E-state index in [1.165, 1.54) is 5.56 Å². The van der Waals surface area contributed by atoms with E-state index in [2.05, 4.69) is 31.9 Å². The normalized spacial score (nSPS) is 17.5. The summed E-state index contributed by atoms with van der Waals surface area (Å²) >= 11 is 1.74. The van der Waals surface area contributed by atoms with Crippen LogP contribution in [0.2, 0.25) is 0 Å². The van der Waals surface area contributed by atoms with Gasteiger partial charge in [0.05, 0.1) is 6.54 Å². The molecule has 4 rings (SSSR count). The van der Waals surface area contributed by atoms with E-state index in [0.717, 1.165) is 62.6 Å². The molecule has 0 spiro atoms. The third kappa shape index (κ3) is 4.43. The van der Waals surface area contributed by atoms with Crippen molar-refractivity contribution in [1.29, 1.82) is 0 Å². The van der Waals surface area contributed by atoms with Crippen LogP contribution in [0.1, 0.15) is 18.1 Å². The van der Waals surface area contributed by atoms with Gasteiger partial charge >= 0.3 is 0 Å². The zero-order chi connectivity index (χ0) is 19.5. The number of thiophene rings is 1. The van der Waals surface area contributed by atoms with Crippen molar-refractivity contribution >= 4 is 34.5 Å². The van der Waals surface area contributed by atoms with E-state index >= 15 is 0 Å². The molecule has 0 unspecified atom stereocenters. The molecule has 1 aromatic carbocycles. The standard InChI is InChI=1S/C21H26N4O2S/c1-16(26)25-6-4-18-12-19(2-3-20(18)25)22-21(27)14-24-9-7-23(8-10-24)13-17-5-11-28-15-17/h2-3,5,11-12,15H,4,6-10,13-14H2,1H3,(H,22,27). The van der Waals surface area contributed by atoms with Crippen LogP contribution in [0.5, 0.6) is 0 Å². The van der Waals surface area contributed by atoms with Crippen LogP contribution in [-0.4, -0.2) is 60.9 Å². The van der Waals surface area contributed by atoms with Crippen LogP contribution in [0.15, 0.2) is 35.0 Å². The van der Waals surface area contributed by atoms with Gasteiger partial charge < -0.3 is 10.2 Å². The molecular formula is C21H26N4O2S. The van der Waals surface area contributed by atoms with Gasteiger partial charge in [0.1, 0.15) is 0 Å². The predicted octanol–water partition coefficient (Wildman–Crippen LogP) is 2.41. The number of carbonyl (C=O) groups is 2. The number of hydrogen-bond acceptors (Lipinski definition) is 5. The van der Waals surface area contributed by atoms with E-state index in [9.17, 15) is 9.59 Å². The first kappa shape index (κ1) is 19.1. The second-order valence-electron chi connectivity index (χ2n) is 7.50. The highest BCUT2D eigenvalue weighted by molar-refractivity contribution is 7.07. The molecule has 0 aliphatic carbocycles. The molecule has 1 saturated heterocycles. The van der Waals surface area contributed by atoms with Crippen LogP contribution in [0.25, 0.3) is 0 Å². The first-order valence-corrected chi connectivity index (χ1v) is 10.7. The lowest BCUT2D eigenvalue weighted by molar-refractivity contribution is -0.118. The maximum absolute atomic E-state index is 12.5. The summed E-state index contributed by atoms with van der Waals surface area (Å²) in [5, 5.41) is 7.33. The van der Waals surface area contributed by atoms with Crippen molar-refractivity contribution < 1.29 is 9.59 Å². The number of anilines is 2. The van der Waals surface area contributed by atoms with Gasteiger partial charge in [-0.3, -0.25) is 19.4 Å². The molecule has 7 heteroatoms. The van der Waals surface area contributed by atoms with Crippen molar-refractivity contribution in [3.05, 3.63) is 46.2 Å². The van der Waals surface area contributed by atoms with Gasteiger partial charge in [-0.05, 0) is 52.6 Å². The molecule has 0 radical (unpaired) electrons. The van der Waals surface area contributed by atoms with Crippen molar-refractivity contribution in [3.8, 4) is 0 Å². The molecule has 2 aliphatic heterocycles. The molecule has 28 heavy (non-hydrogen) atoms. The van der Waals surface area contributed by atoms with Crippen molar-refractivity contribution in [1.82, 2.24) is 9.80 Å². The molecule has 2 aliphatic rings. The van der Waals surface area contributed by atoms with Crippen molar-refractivity contribution in [2.45, 2.75) is 19.9 Å². The first-order valence-electron chi connectivity index (χ1n) is 9.75. The number of rotatable bonds is 5. The van der Waals surface area contributed by atoms with Gasteiger partial charge in [0.25, 0.3) is 0 Å². The number of carbonyl (C=O) groups excluding carboxylic acids is 2. The Bertz CT molecular complexity index is 844. The average molecular weight is 399 g/mol. The van der Waals surface area contributed by atoms with Crippen molar-refractivity contribution in [2.75, 3.05) is 49.5 Å². The Hall–Kier alpha value is -2.22. The monoisotopic (exact) mass is 398 g/mol. The summed E-state index contributed by atoms with van der Waals surface area (Å²) in [5.41, 5.74) is 4.27. The fraction of sp³-hybridized carbons (Fsp3) is 0.429. The number of piperazine rings is 1. The molecule has 1 N–H and O–H groups in total.